The first-order valence-electron chi connectivity index (χ1n) is 11.6. The topological polar surface area (TPSA) is 9.23 Å². The lowest BCUT2D eigenvalue weighted by Crippen LogP contribution is -2.51. The summed E-state index contributed by atoms with van der Waals surface area (Å²) in [7, 11) is -3.15. The molecule has 4 aliphatic carbocycles. The molecule has 0 radical (unpaired) electrons. The molecular formula is C22H42OSi2. The lowest BCUT2D eigenvalue weighted by atomic mass is 9.82. The van der Waals surface area contributed by atoms with E-state index in [1.54, 1.807) is 0 Å². The minimum atomic E-state index is -1.58. The molecule has 3 heteroatoms. The summed E-state index contributed by atoms with van der Waals surface area (Å²) in [5.74, 6) is 4.19. The maximum absolute atomic E-state index is 7.37. The van der Waals surface area contributed by atoms with Gasteiger partial charge in [-0.3, -0.25) is 0 Å². The van der Waals surface area contributed by atoms with Crippen LogP contribution in [0.1, 0.15) is 77.0 Å². The molecule has 0 N–H and O–H groups in total. The van der Waals surface area contributed by atoms with E-state index in [1.165, 1.54) is 77.0 Å². The van der Waals surface area contributed by atoms with Crippen molar-refractivity contribution in [3.8, 4) is 0 Å². The molecule has 0 amide bonds. The van der Waals surface area contributed by atoms with Crippen molar-refractivity contribution >= 4 is 16.6 Å². The van der Waals surface area contributed by atoms with E-state index in [0.29, 0.717) is 0 Å². The van der Waals surface area contributed by atoms with Crippen molar-refractivity contribution in [3.05, 3.63) is 0 Å². The van der Waals surface area contributed by atoms with Crippen LogP contribution in [-0.4, -0.2) is 16.6 Å². The summed E-state index contributed by atoms with van der Waals surface area (Å²) in [6.07, 6.45) is 18.1. The first-order chi connectivity index (χ1) is 11.9. The molecule has 4 aliphatic rings. The minimum absolute atomic E-state index is 0.966. The zero-order chi connectivity index (χ0) is 17.7. The Balaban J connectivity index is 1.46. The molecule has 4 fully saturated rings. The van der Waals surface area contributed by atoms with E-state index in [9.17, 15) is 0 Å². The van der Waals surface area contributed by atoms with Crippen LogP contribution < -0.4 is 0 Å². The number of hydrogen-bond acceptors (Lipinski definition) is 1. The van der Waals surface area contributed by atoms with Gasteiger partial charge in [0.2, 0.25) is 0 Å². The Hall–Kier alpha value is 0.394. The van der Waals surface area contributed by atoms with E-state index in [-0.39, 0.29) is 0 Å². The molecule has 0 spiro atoms. The maximum atomic E-state index is 7.37. The fraction of sp³-hybridized carbons (Fsp3) is 1.00. The third-order valence-corrected chi connectivity index (χ3v) is 18.2. The average Bonchev–Trinajstić information content (AvgIpc) is 3.18. The standard InChI is InChI=1S/C22H42OSi2/c1-24(2,21-15-13-17-9-5-7-11-19(17)21)23-25(3,4)22-16-14-18-10-6-8-12-20(18)22/h17-22H,5-16H2,1-4H3. The number of fused-ring (bicyclic) bond motifs is 2. The molecule has 0 heterocycles. The quantitative estimate of drug-likeness (QED) is 0.464. The highest BCUT2D eigenvalue weighted by Gasteiger charge is 2.52. The van der Waals surface area contributed by atoms with Crippen LogP contribution in [0.15, 0.2) is 0 Å². The van der Waals surface area contributed by atoms with Gasteiger partial charge in [0.25, 0.3) is 0 Å². The van der Waals surface area contributed by atoms with Crippen molar-refractivity contribution in [2.24, 2.45) is 23.7 Å². The van der Waals surface area contributed by atoms with Crippen molar-refractivity contribution in [3.63, 3.8) is 0 Å². The van der Waals surface area contributed by atoms with Crippen LogP contribution in [0.3, 0.4) is 0 Å². The van der Waals surface area contributed by atoms with Crippen LogP contribution in [0, 0.1) is 23.7 Å². The van der Waals surface area contributed by atoms with Gasteiger partial charge in [0.1, 0.15) is 0 Å². The summed E-state index contributed by atoms with van der Waals surface area (Å²) in [5, 5.41) is 0. The van der Waals surface area contributed by atoms with Gasteiger partial charge < -0.3 is 4.12 Å². The molecule has 0 saturated heterocycles. The Morgan fingerprint density at radius 2 is 0.920 bits per heavy atom. The average molecular weight is 379 g/mol. The van der Waals surface area contributed by atoms with E-state index in [2.05, 4.69) is 26.2 Å². The maximum Gasteiger partial charge on any atom is 0.176 e. The first kappa shape index (κ1) is 18.7. The Bertz CT molecular complexity index is 433. The van der Waals surface area contributed by atoms with Crippen LogP contribution >= 0.6 is 0 Å². The Morgan fingerprint density at radius 1 is 0.520 bits per heavy atom. The first-order valence-corrected chi connectivity index (χ1v) is 17.6. The molecule has 25 heavy (non-hydrogen) atoms. The lowest BCUT2D eigenvalue weighted by molar-refractivity contribution is 0.262. The molecular weight excluding hydrogens is 336 g/mol. The van der Waals surface area contributed by atoms with E-state index in [1.807, 2.05) is 0 Å². The molecule has 144 valence electrons. The van der Waals surface area contributed by atoms with Crippen LogP contribution in [0.4, 0.5) is 0 Å². The number of hydrogen-bond donors (Lipinski definition) is 0. The summed E-state index contributed by atoms with van der Waals surface area (Å²) in [6.45, 7) is 10.4. The van der Waals surface area contributed by atoms with E-state index in [0.717, 1.165) is 34.8 Å². The zero-order valence-corrected chi connectivity index (χ0v) is 19.4. The van der Waals surface area contributed by atoms with Gasteiger partial charge in [-0.25, -0.2) is 0 Å². The van der Waals surface area contributed by atoms with Crippen molar-refractivity contribution in [2.45, 2.75) is 114 Å². The molecule has 4 saturated carbocycles. The largest absolute Gasteiger partial charge is 0.455 e. The summed E-state index contributed by atoms with van der Waals surface area (Å²) >= 11 is 0. The third kappa shape index (κ3) is 3.59. The molecule has 0 aromatic heterocycles. The Kier molecular flexibility index (Phi) is 5.32. The van der Waals surface area contributed by atoms with Gasteiger partial charge in [-0.2, -0.15) is 0 Å². The number of rotatable bonds is 4. The highest BCUT2D eigenvalue weighted by Crippen LogP contribution is 2.57. The highest BCUT2D eigenvalue weighted by atomic mass is 28.4. The predicted molar refractivity (Wildman–Crippen MR) is 113 cm³/mol. The van der Waals surface area contributed by atoms with Gasteiger partial charge >= 0.3 is 0 Å². The molecule has 6 atom stereocenters. The normalized spacial score (nSPS) is 42.2. The smallest absolute Gasteiger partial charge is 0.176 e. The molecule has 6 unspecified atom stereocenters. The molecule has 4 rings (SSSR count). The third-order valence-electron chi connectivity index (χ3n) is 8.98. The highest BCUT2D eigenvalue weighted by molar-refractivity contribution is 6.86. The second kappa shape index (κ2) is 7.09. The Morgan fingerprint density at radius 3 is 1.36 bits per heavy atom. The SMILES string of the molecule is C[Si](C)(O[Si](C)(C)C1CCC2CCCCC21)C1CCC2CCCCC21. The fourth-order valence-corrected chi connectivity index (χ4v) is 19.3. The fourth-order valence-electron chi connectivity index (χ4n) is 8.02. The molecule has 0 aromatic carbocycles. The van der Waals surface area contributed by atoms with Gasteiger partial charge in [0.15, 0.2) is 16.6 Å². The van der Waals surface area contributed by atoms with Crippen LogP contribution in [0.5, 0.6) is 0 Å². The minimum Gasteiger partial charge on any atom is -0.455 e. The predicted octanol–water partition coefficient (Wildman–Crippen LogP) is 7.35. The van der Waals surface area contributed by atoms with Crippen LogP contribution in [-0.2, 0) is 4.12 Å². The molecule has 0 aliphatic heterocycles. The van der Waals surface area contributed by atoms with Crippen LogP contribution in [0.2, 0.25) is 37.3 Å². The van der Waals surface area contributed by atoms with Crippen molar-refractivity contribution in [2.75, 3.05) is 0 Å². The van der Waals surface area contributed by atoms with Gasteiger partial charge in [-0.15, -0.1) is 0 Å². The summed E-state index contributed by atoms with van der Waals surface area (Å²) in [4.78, 5) is 0. The van der Waals surface area contributed by atoms with E-state index < -0.39 is 16.6 Å². The zero-order valence-electron chi connectivity index (χ0n) is 17.4. The summed E-state index contributed by atoms with van der Waals surface area (Å²) in [5.41, 5.74) is 1.93. The lowest BCUT2D eigenvalue weighted by Gasteiger charge is -2.45. The van der Waals surface area contributed by atoms with E-state index in [4.69, 9.17) is 4.12 Å². The second-order valence-electron chi connectivity index (χ2n) is 11.1. The second-order valence-corrected chi connectivity index (χ2v) is 19.8. The van der Waals surface area contributed by atoms with Gasteiger partial charge in [0, 0.05) is 0 Å². The van der Waals surface area contributed by atoms with Gasteiger partial charge in [-0.1, -0.05) is 77.0 Å². The Labute approximate surface area is 159 Å². The summed E-state index contributed by atoms with van der Waals surface area (Å²) < 4.78 is 7.37. The monoisotopic (exact) mass is 378 g/mol. The molecule has 0 bridgehead atoms. The molecule has 0 aromatic rings. The van der Waals surface area contributed by atoms with Crippen LogP contribution in [0.25, 0.3) is 0 Å². The van der Waals surface area contributed by atoms with Gasteiger partial charge in [0.05, 0.1) is 0 Å². The molecule has 1 nitrogen and oxygen atoms in total. The van der Waals surface area contributed by atoms with E-state index >= 15 is 0 Å². The van der Waals surface area contributed by atoms with Crippen molar-refractivity contribution in [1.29, 1.82) is 0 Å². The van der Waals surface area contributed by atoms with Gasteiger partial charge in [-0.05, 0) is 60.9 Å². The van der Waals surface area contributed by atoms with Crippen molar-refractivity contribution < 1.29 is 4.12 Å². The summed E-state index contributed by atoms with van der Waals surface area (Å²) in [6, 6.07) is 0. The van der Waals surface area contributed by atoms with Crippen molar-refractivity contribution in [1.82, 2.24) is 0 Å².